The molecular formula is C17H20N2O2. The van der Waals surface area contributed by atoms with Gasteiger partial charge in [0.15, 0.2) is 0 Å². The van der Waals surface area contributed by atoms with Crippen molar-refractivity contribution in [2.24, 2.45) is 0 Å². The standard InChI is InChI=1S/C17H20N2O2/c1-3-14-11-13-6-4-5-12(2)15(13)16(18-14)17(20)19-7-9-21-10-8-19/h4-6,11H,3,7-10H2,1-2H3. The highest BCUT2D eigenvalue weighted by Gasteiger charge is 2.22. The largest absolute Gasteiger partial charge is 0.378 e. The molecule has 0 saturated carbocycles. The van der Waals surface area contributed by atoms with Crippen LogP contribution in [0.4, 0.5) is 0 Å². The molecule has 110 valence electrons. The maximum atomic E-state index is 12.8. The molecule has 1 fully saturated rings. The Balaban J connectivity index is 2.13. The number of hydrogen-bond acceptors (Lipinski definition) is 3. The van der Waals surface area contributed by atoms with Gasteiger partial charge in [-0.25, -0.2) is 4.98 Å². The summed E-state index contributed by atoms with van der Waals surface area (Å²) < 4.78 is 5.33. The summed E-state index contributed by atoms with van der Waals surface area (Å²) in [6.07, 6.45) is 0.827. The average molecular weight is 284 g/mol. The van der Waals surface area contributed by atoms with Crippen LogP contribution in [-0.4, -0.2) is 42.1 Å². The lowest BCUT2D eigenvalue weighted by atomic mass is 10.0. The number of morpholine rings is 1. The minimum atomic E-state index is 0.0212. The number of benzene rings is 1. The first-order chi connectivity index (χ1) is 10.2. The Kier molecular flexibility index (Phi) is 3.88. The molecule has 0 unspecified atom stereocenters. The van der Waals surface area contributed by atoms with Crippen molar-refractivity contribution < 1.29 is 9.53 Å². The Labute approximate surface area is 124 Å². The number of pyridine rings is 1. The van der Waals surface area contributed by atoms with Crippen LogP contribution in [0.15, 0.2) is 24.3 Å². The van der Waals surface area contributed by atoms with Crippen molar-refractivity contribution in [2.75, 3.05) is 26.3 Å². The number of carbonyl (C=O) groups excluding carboxylic acids is 1. The number of aromatic nitrogens is 1. The van der Waals surface area contributed by atoms with Gasteiger partial charge in [0, 0.05) is 24.2 Å². The maximum Gasteiger partial charge on any atom is 0.273 e. The van der Waals surface area contributed by atoms with E-state index in [4.69, 9.17) is 4.74 Å². The van der Waals surface area contributed by atoms with E-state index >= 15 is 0 Å². The number of fused-ring (bicyclic) bond motifs is 1. The van der Waals surface area contributed by atoms with Gasteiger partial charge in [-0.15, -0.1) is 0 Å². The summed E-state index contributed by atoms with van der Waals surface area (Å²) in [7, 11) is 0. The number of carbonyl (C=O) groups is 1. The number of aryl methyl sites for hydroxylation is 2. The minimum Gasteiger partial charge on any atom is -0.378 e. The molecule has 1 aromatic heterocycles. The molecule has 1 aliphatic heterocycles. The highest BCUT2D eigenvalue weighted by molar-refractivity contribution is 6.06. The topological polar surface area (TPSA) is 42.4 Å². The van der Waals surface area contributed by atoms with E-state index in [-0.39, 0.29) is 5.91 Å². The van der Waals surface area contributed by atoms with Crippen LogP contribution in [-0.2, 0) is 11.2 Å². The van der Waals surface area contributed by atoms with E-state index in [9.17, 15) is 4.79 Å². The zero-order valence-electron chi connectivity index (χ0n) is 12.6. The van der Waals surface area contributed by atoms with Crippen LogP contribution in [0.5, 0.6) is 0 Å². The fourth-order valence-electron chi connectivity index (χ4n) is 2.80. The van der Waals surface area contributed by atoms with Crippen LogP contribution in [0.1, 0.15) is 28.7 Å². The fourth-order valence-corrected chi connectivity index (χ4v) is 2.80. The Morgan fingerprint density at radius 1 is 1.33 bits per heavy atom. The molecule has 4 heteroatoms. The molecule has 2 heterocycles. The highest BCUT2D eigenvalue weighted by Crippen LogP contribution is 2.24. The van der Waals surface area contributed by atoms with Crippen molar-refractivity contribution in [2.45, 2.75) is 20.3 Å². The van der Waals surface area contributed by atoms with E-state index in [0.717, 1.165) is 28.5 Å². The zero-order valence-corrected chi connectivity index (χ0v) is 12.6. The maximum absolute atomic E-state index is 12.8. The first-order valence-electron chi connectivity index (χ1n) is 7.47. The van der Waals surface area contributed by atoms with Gasteiger partial charge in [-0.1, -0.05) is 25.1 Å². The van der Waals surface area contributed by atoms with Crippen molar-refractivity contribution in [3.8, 4) is 0 Å². The molecule has 0 N–H and O–H groups in total. The summed E-state index contributed by atoms with van der Waals surface area (Å²) in [5, 5.41) is 2.07. The molecular weight excluding hydrogens is 264 g/mol. The number of ether oxygens (including phenoxy) is 1. The third-order valence-electron chi connectivity index (χ3n) is 3.98. The zero-order chi connectivity index (χ0) is 14.8. The van der Waals surface area contributed by atoms with Gasteiger partial charge in [0.1, 0.15) is 5.69 Å². The summed E-state index contributed by atoms with van der Waals surface area (Å²) in [5.74, 6) is 0.0212. The third kappa shape index (κ3) is 2.63. The highest BCUT2D eigenvalue weighted by atomic mass is 16.5. The van der Waals surface area contributed by atoms with Gasteiger partial charge < -0.3 is 9.64 Å². The van der Waals surface area contributed by atoms with E-state index in [1.807, 2.05) is 24.0 Å². The van der Waals surface area contributed by atoms with Crippen molar-refractivity contribution in [3.63, 3.8) is 0 Å². The monoisotopic (exact) mass is 284 g/mol. The second kappa shape index (κ2) is 5.82. The second-order valence-corrected chi connectivity index (χ2v) is 5.39. The fraction of sp³-hybridized carbons (Fsp3) is 0.412. The van der Waals surface area contributed by atoms with E-state index in [2.05, 4.69) is 24.0 Å². The number of hydrogen-bond donors (Lipinski definition) is 0. The van der Waals surface area contributed by atoms with Crippen molar-refractivity contribution in [3.05, 3.63) is 41.2 Å². The van der Waals surface area contributed by atoms with Gasteiger partial charge >= 0.3 is 0 Å². The first-order valence-corrected chi connectivity index (χ1v) is 7.47. The van der Waals surface area contributed by atoms with Crippen molar-refractivity contribution in [1.82, 2.24) is 9.88 Å². The molecule has 0 radical (unpaired) electrons. The van der Waals surface area contributed by atoms with Crippen LogP contribution in [0.3, 0.4) is 0 Å². The van der Waals surface area contributed by atoms with Crippen molar-refractivity contribution >= 4 is 16.7 Å². The van der Waals surface area contributed by atoms with E-state index in [0.29, 0.717) is 32.0 Å². The van der Waals surface area contributed by atoms with Crippen LogP contribution in [0, 0.1) is 6.92 Å². The summed E-state index contributed by atoms with van der Waals surface area (Å²) >= 11 is 0. The van der Waals surface area contributed by atoms with Crippen molar-refractivity contribution in [1.29, 1.82) is 0 Å². The molecule has 0 atom stereocenters. The third-order valence-corrected chi connectivity index (χ3v) is 3.98. The lowest BCUT2D eigenvalue weighted by Crippen LogP contribution is -2.41. The molecule has 3 rings (SSSR count). The van der Waals surface area contributed by atoms with Crippen LogP contribution in [0.2, 0.25) is 0 Å². The van der Waals surface area contributed by atoms with E-state index in [1.54, 1.807) is 0 Å². The molecule has 1 aliphatic rings. The number of amides is 1. The van der Waals surface area contributed by atoms with Crippen LogP contribution in [0.25, 0.3) is 10.8 Å². The Morgan fingerprint density at radius 3 is 2.81 bits per heavy atom. The summed E-state index contributed by atoms with van der Waals surface area (Å²) in [5.41, 5.74) is 2.65. The Morgan fingerprint density at radius 2 is 2.10 bits per heavy atom. The molecule has 2 aromatic rings. The molecule has 21 heavy (non-hydrogen) atoms. The second-order valence-electron chi connectivity index (χ2n) is 5.39. The quantitative estimate of drug-likeness (QED) is 0.851. The molecule has 1 saturated heterocycles. The number of rotatable bonds is 2. The van der Waals surface area contributed by atoms with Crippen LogP contribution < -0.4 is 0 Å². The van der Waals surface area contributed by atoms with Crippen LogP contribution >= 0.6 is 0 Å². The Bertz CT molecular complexity index is 676. The number of nitrogens with zero attached hydrogens (tertiary/aromatic N) is 2. The minimum absolute atomic E-state index is 0.0212. The Hall–Kier alpha value is -1.94. The van der Waals surface area contributed by atoms with Gasteiger partial charge in [0.05, 0.1) is 13.2 Å². The average Bonchev–Trinajstić information content (AvgIpc) is 2.54. The molecule has 0 aliphatic carbocycles. The van der Waals surface area contributed by atoms with Gasteiger partial charge in [0.2, 0.25) is 0 Å². The lowest BCUT2D eigenvalue weighted by Gasteiger charge is -2.27. The van der Waals surface area contributed by atoms with E-state index in [1.165, 1.54) is 0 Å². The lowest BCUT2D eigenvalue weighted by molar-refractivity contribution is 0.0300. The SMILES string of the molecule is CCc1cc2cccc(C)c2c(C(=O)N2CCOCC2)n1. The summed E-state index contributed by atoms with van der Waals surface area (Å²) in [6, 6.07) is 8.20. The summed E-state index contributed by atoms with van der Waals surface area (Å²) in [4.78, 5) is 19.3. The molecule has 0 bridgehead atoms. The molecule has 1 aromatic carbocycles. The van der Waals surface area contributed by atoms with E-state index < -0.39 is 0 Å². The normalized spacial score (nSPS) is 15.4. The predicted molar refractivity (Wildman–Crippen MR) is 82.6 cm³/mol. The van der Waals surface area contributed by atoms with Gasteiger partial charge in [-0.2, -0.15) is 0 Å². The van der Waals surface area contributed by atoms with Gasteiger partial charge in [-0.3, -0.25) is 4.79 Å². The van der Waals surface area contributed by atoms with Gasteiger partial charge in [-0.05, 0) is 30.4 Å². The smallest absolute Gasteiger partial charge is 0.273 e. The summed E-state index contributed by atoms with van der Waals surface area (Å²) in [6.45, 7) is 6.60. The predicted octanol–water partition coefficient (Wildman–Crippen LogP) is 2.58. The van der Waals surface area contributed by atoms with Gasteiger partial charge in [0.25, 0.3) is 5.91 Å². The molecule has 0 spiro atoms. The molecule has 4 nitrogen and oxygen atoms in total. The first kappa shape index (κ1) is 14.0. The molecule has 1 amide bonds.